The Morgan fingerprint density at radius 2 is 1.83 bits per heavy atom. The molecule has 1 aromatic heterocycles. The molecule has 0 atom stereocenters. The molecular formula is C23H29FIN5. The first kappa shape index (κ1) is 23.9. The minimum Gasteiger partial charge on any atom is -0.357 e. The van der Waals surface area contributed by atoms with E-state index in [1.165, 1.54) is 11.6 Å². The van der Waals surface area contributed by atoms with Crippen LogP contribution < -0.4 is 10.6 Å². The van der Waals surface area contributed by atoms with Gasteiger partial charge in [0.1, 0.15) is 11.6 Å². The molecule has 0 bridgehead atoms. The third kappa shape index (κ3) is 7.78. The summed E-state index contributed by atoms with van der Waals surface area (Å²) in [7, 11) is 0. The molecule has 0 aliphatic rings. The Morgan fingerprint density at radius 3 is 2.60 bits per heavy atom. The lowest BCUT2D eigenvalue weighted by Gasteiger charge is -2.12. The monoisotopic (exact) mass is 521 g/mol. The summed E-state index contributed by atoms with van der Waals surface area (Å²) in [5.41, 5.74) is 2.22. The fourth-order valence-electron chi connectivity index (χ4n) is 3.12. The third-order valence-corrected chi connectivity index (χ3v) is 4.54. The lowest BCUT2D eigenvalue weighted by atomic mass is 10.1. The molecule has 0 saturated heterocycles. The quantitative estimate of drug-likeness (QED) is 0.254. The van der Waals surface area contributed by atoms with Crippen molar-refractivity contribution in [2.75, 3.05) is 19.6 Å². The highest BCUT2D eigenvalue weighted by Crippen LogP contribution is 2.06. The SMILES string of the molecule is CCNC(=NCCc1nccn1Cc1ccccc1)NCCc1cccc(F)c1.I. The van der Waals surface area contributed by atoms with E-state index in [1.54, 1.807) is 12.1 Å². The van der Waals surface area contributed by atoms with Gasteiger partial charge in [-0.2, -0.15) is 0 Å². The molecule has 3 aromatic rings. The number of aliphatic imine (C=N–C) groups is 1. The number of aromatic nitrogens is 2. The number of rotatable bonds is 9. The molecule has 160 valence electrons. The van der Waals surface area contributed by atoms with Gasteiger partial charge in [0.2, 0.25) is 0 Å². The van der Waals surface area contributed by atoms with E-state index in [2.05, 4.69) is 49.4 Å². The molecule has 0 radical (unpaired) electrons. The summed E-state index contributed by atoms with van der Waals surface area (Å²) in [6, 6.07) is 17.1. The van der Waals surface area contributed by atoms with Crippen molar-refractivity contribution in [3.05, 3.63) is 89.8 Å². The fourth-order valence-corrected chi connectivity index (χ4v) is 3.12. The normalized spacial score (nSPS) is 11.1. The largest absolute Gasteiger partial charge is 0.357 e. The van der Waals surface area contributed by atoms with Crippen LogP contribution in [0.15, 0.2) is 72.0 Å². The highest BCUT2D eigenvalue weighted by molar-refractivity contribution is 14.0. The molecule has 0 saturated carbocycles. The molecule has 0 aliphatic heterocycles. The Kier molecular flexibility index (Phi) is 10.3. The molecule has 30 heavy (non-hydrogen) atoms. The first-order valence-corrected chi connectivity index (χ1v) is 10.0. The van der Waals surface area contributed by atoms with Gasteiger partial charge in [-0.1, -0.05) is 42.5 Å². The second-order valence-corrected chi connectivity index (χ2v) is 6.77. The van der Waals surface area contributed by atoms with Gasteiger partial charge >= 0.3 is 0 Å². The summed E-state index contributed by atoms with van der Waals surface area (Å²) in [4.78, 5) is 9.13. The van der Waals surface area contributed by atoms with E-state index < -0.39 is 0 Å². The molecule has 2 N–H and O–H groups in total. The number of guanidine groups is 1. The van der Waals surface area contributed by atoms with Crippen LogP contribution in [-0.4, -0.2) is 35.1 Å². The van der Waals surface area contributed by atoms with E-state index in [0.29, 0.717) is 13.1 Å². The summed E-state index contributed by atoms with van der Waals surface area (Å²) in [6.45, 7) is 4.97. The molecule has 0 fully saturated rings. The van der Waals surface area contributed by atoms with E-state index in [1.807, 2.05) is 31.5 Å². The Hall–Kier alpha value is -2.42. The minimum absolute atomic E-state index is 0. The van der Waals surface area contributed by atoms with Gasteiger partial charge in [-0.05, 0) is 36.6 Å². The van der Waals surface area contributed by atoms with E-state index in [4.69, 9.17) is 0 Å². The van der Waals surface area contributed by atoms with Crippen LogP contribution in [0.25, 0.3) is 0 Å². The van der Waals surface area contributed by atoms with Crippen LogP contribution in [0.1, 0.15) is 23.9 Å². The summed E-state index contributed by atoms with van der Waals surface area (Å²) < 4.78 is 15.4. The lowest BCUT2D eigenvalue weighted by Crippen LogP contribution is -2.38. The molecular weight excluding hydrogens is 492 g/mol. The Morgan fingerprint density at radius 1 is 1.03 bits per heavy atom. The van der Waals surface area contributed by atoms with Gasteiger partial charge in [0.15, 0.2) is 5.96 Å². The van der Waals surface area contributed by atoms with Crippen LogP contribution in [0.2, 0.25) is 0 Å². The van der Waals surface area contributed by atoms with Crippen LogP contribution >= 0.6 is 24.0 Å². The zero-order chi connectivity index (χ0) is 20.3. The second kappa shape index (κ2) is 13.0. The van der Waals surface area contributed by atoms with Gasteiger partial charge in [-0.15, -0.1) is 24.0 Å². The molecule has 0 amide bonds. The van der Waals surface area contributed by atoms with Crippen LogP contribution in [0.5, 0.6) is 0 Å². The van der Waals surface area contributed by atoms with Crippen LogP contribution in [0.3, 0.4) is 0 Å². The van der Waals surface area contributed by atoms with Gasteiger partial charge in [-0.25, -0.2) is 9.37 Å². The molecule has 1 heterocycles. The molecule has 7 heteroatoms. The van der Waals surface area contributed by atoms with Crippen LogP contribution in [0, 0.1) is 5.82 Å². The number of imidazole rings is 1. The van der Waals surface area contributed by atoms with Crippen LogP contribution in [-0.2, 0) is 19.4 Å². The Labute approximate surface area is 194 Å². The maximum absolute atomic E-state index is 13.3. The van der Waals surface area contributed by atoms with Crippen molar-refractivity contribution < 1.29 is 4.39 Å². The van der Waals surface area contributed by atoms with E-state index in [0.717, 1.165) is 43.3 Å². The maximum Gasteiger partial charge on any atom is 0.191 e. The van der Waals surface area contributed by atoms with Crippen molar-refractivity contribution in [3.8, 4) is 0 Å². The summed E-state index contributed by atoms with van der Waals surface area (Å²) in [5, 5.41) is 6.56. The highest BCUT2D eigenvalue weighted by atomic mass is 127. The van der Waals surface area contributed by atoms with Crippen molar-refractivity contribution in [2.45, 2.75) is 26.3 Å². The first-order valence-electron chi connectivity index (χ1n) is 10.0. The number of benzene rings is 2. The van der Waals surface area contributed by atoms with Crippen molar-refractivity contribution in [3.63, 3.8) is 0 Å². The summed E-state index contributed by atoms with van der Waals surface area (Å²) in [5.74, 6) is 1.59. The number of hydrogen-bond donors (Lipinski definition) is 2. The molecule has 0 aliphatic carbocycles. The Balaban J connectivity index is 0.00000320. The zero-order valence-corrected chi connectivity index (χ0v) is 19.6. The smallest absolute Gasteiger partial charge is 0.191 e. The summed E-state index contributed by atoms with van der Waals surface area (Å²) in [6.07, 6.45) is 5.35. The van der Waals surface area contributed by atoms with Crippen LogP contribution in [0.4, 0.5) is 4.39 Å². The molecule has 3 rings (SSSR count). The topological polar surface area (TPSA) is 54.2 Å². The first-order chi connectivity index (χ1) is 14.2. The molecule has 2 aromatic carbocycles. The standard InChI is InChI=1S/C23H28FN5.HI/c1-2-25-23(27-13-11-19-9-6-10-21(24)17-19)28-14-12-22-26-15-16-29(22)18-20-7-4-3-5-8-20;/h3-10,15-17H,2,11-14,18H2,1H3,(H2,25,27,28);1H. The number of halogens is 2. The fraction of sp³-hybridized carbons (Fsp3) is 0.304. The number of nitrogens with one attached hydrogen (secondary N) is 2. The Bertz CT molecular complexity index is 911. The van der Waals surface area contributed by atoms with Crippen molar-refractivity contribution in [2.24, 2.45) is 4.99 Å². The van der Waals surface area contributed by atoms with Crippen molar-refractivity contribution in [1.82, 2.24) is 20.2 Å². The molecule has 5 nitrogen and oxygen atoms in total. The zero-order valence-electron chi connectivity index (χ0n) is 17.2. The number of hydrogen-bond acceptors (Lipinski definition) is 2. The van der Waals surface area contributed by atoms with Gasteiger partial charge in [0.25, 0.3) is 0 Å². The predicted octanol–water partition coefficient (Wildman–Crippen LogP) is 4.03. The maximum atomic E-state index is 13.3. The van der Waals surface area contributed by atoms with Crippen molar-refractivity contribution >= 4 is 29.9 Å². The van der Waals surface area contributed by atoms with Gasteiger partial charge < -0.3 is 15.2 Å². The van der Waals surface area contributed by atoms with Crippen molar-refractivity contribution in [1.29, 1.82) is 0 Å². The average molecular weight is 521 g/mol. The van der Waals surface area contributed by atoms with E-state index in [-0.39, 0.29) is 29.8 Å². The summed E-state index contributed by atoms with van der Waals surface area (Å²) >= 11 is 0. The van der Waals surface area contributed by atoms with E-state index in [9.17, 15) is 4.39 Å². The molecule has 0 spiro atoms. The van der Waals surface area contributed by atoms with Gasteiger partial charge in [0.05, 0.1) is 0 Å². The predicted molar refractivity (Wildman–Crippen MR) is 131 cm³/mol. The average Bonchev–Trinajstić information content (AvgIpc) is 3.16. The molecule has 0 unspecified atom stereocenters. The minimum atomic E-state index is -0.200. The van der Waals surface area contributed by atoms with E-state index >= 15 is 0 Å². The third-order valence-electron chi connectivity index (χ3n) is 4.54. The van der Waals surface area contributed by atoms with Gasteiger partial charge in [0, 0.05) is 45.0 Å². The highest BCUT2D eigenvalue weighted by Gasteiger charge is 2.04. The van der Waals surface area contributed by atoms with Gasteiger partial charge in [-0.3, -0.25) is 4.99 Å². The number of nitrogens with zero attached hydrogens (tertiary/aromatic N) is 3. The lowest BCUT2D eigenvalue weighted by molar-refractivity contribution is 0.625. The second-order valence-electron chi connectivity index (χ2n) is 6.77.